The number of piperidine rings is 1. The summed E-state index contributed by atoms with van der Waals surface area (Å²) in [6.07, 6.45) is 3.11. The number of rotatable bonds is 4. The van der Waals surface area contributed by atoms with Crippen molar-refractivity contribution < 1.29 is 4.79 Å². The summed E-state index contributed by atoms with van der Waals surface area (Å²) in [5.41, 5.74) is 0.295. The molecule has 1 aliphatic rings. The first-order valence-corrected chi connectivity index (χ1v) is 6.42. The predicted octanol–water partition coefficient (Wildman–Crippen LogP) is 2.35. The first kappa shape index (κ1) is 16.7. The van der Waals surface area contributed by atoms with E-state index in [1.54, 1.807) is 0 Å². The third kappa shape index (κ3) is 5.73. The van der Waals surface area contributed by atoms with Gasteiger partial charge >= 0.3 is 0 Å². The molecule has 1 heterocycles. The van der Waals surface area contributed by atoms with Crippen molar-refractivity contribution in [3.8, 4) is 0 Å². The van der Waals surface area contributed by atoms with Gasteiger partial charge in [0, 0.05) is 19.0 Å². The van der Waals surface area contributed by atoms with Gasteiger partial charge in [-0.05, 0) is 30.7 Å². The van der Waals surface area contributed by atoms with E-state index in [9.17, 15) is 4.79 Å². The molecule has 0 aromatic carbocycles. The quantitative estimate of drug-likeness (QED) is 0.817. The molecule has 1 amide bonds. The summed E-state index contributed by atoms with van der Waals surface area (Å²) in [6.45, 7) is 10.5. The molecule has 0 saturated carbocycles. The lowest BCUT2D eigenvalue weighted by Gasteiger charge is -2.39. The van der Waals surface area contributed by atoms with Gasteiger partial charge in [-0.3, -0.25) is 4.79 Å². The first-order valence-electron chi connectivity index (χ1n) is 6.42. The van der Waals surface area contributed by atoms with Crippen molar-refractivity contribution in [3.63, 3.8) is 0 Å². The normalized spacial score (nSPS) is 23.0. The maximum Gasteiger partial charge on any atom is 0.220 e. The molecule has 1 saturated heterocycles. The third-order valence-corrected chi connectivity index (χ3v) is 3.43. The zero-order valence-corrected chi connectivity index (χ0v) is 12.3. The largest absolute Gasteiger partial charge is 0.355 e. The molecular formula is C13H27ClN2O. The van der Waals surface area contributed by atoms with Crippen molar-refractivity contribution in [1.82, 2.24) is 10.6 Å². The van der Waals surface area contributed by atoms with Gasteiger partial charge in [0.15, 0.2) is 0 Å². The zero-order chi connectivity index (χ0) is 12.2. The minimum absolute atomic E-state index is 0. The van der Waals surface area contributed by atoms with Crippen LogP contribution in [0.2, 0.25) is 0 Å². The Morgan fingerprint density at radius 2 is 2.12 bits per heavy atom. The van der Waals surface area contributed by atoms with Crippen LogP contribution in [0.25, 0.3) is 0 Å². The zero-order valence-electron chi connectivity index (χ0n) is 11.5. The van der Waals surface area contributed by atoms with Gasteiger partial charge in [0.25, 0.3) is 0 Å². The first-order chi connectivity index (χ1) is 7.42. The van der Waals surface area contributed by atoms with E-state index in [4.69, 9.17) is 0 Å². The molecule has 1 rings (SSSR count). The number of nitrogens with one attached hydrogen (secondary N) is 2. The molecule has 0 aliphatic carbocycles. The third-order valence-electron chi connectivity index (χ3n) is 3.43. The van der Waals surface area contributed by atoms with Crippen LogP contribution in [0, 0.1) is 11.3 Å². The molecule has 4 heteroatoms. The molecule has 1 unspecified atom stereocenters. The fourth-order valence-electron chi connectivity index (χ4n) is 2.28. The van der Waals surface area contributed by atoms with Crippen LogP contribution in [-0.2, 0) is 4.79 Å². The van der Waals surface area contributed by atoms with E-state index in [0.717, 1.165) is 13.1 Å². The smallest absolute Gasteiger partial charge is 0.220 e. The van der Waals surface area contributed by atoms with Crippen LogP contribution in [0.1, 0.15) is 47.0 Å². The van der Waals surface area contributed by atoms with Crippen molar-refractivity contribution >= 4 is 18.3 Å². The lowest BCUT2D eigenvalue weighted by atomic mass is 9.77. The minimum Gasteiger partial charge on any atom is -0.355 e. The van der Waals surface area contributed by atoms with Gasteiger partial charge in [0.2, 0.25) is 5.91 Å². The van der Waals surface area contributed by atoms with Gasteiger partial charge in [-0.2, -0.15) is 0 Å². The van der Waals surface area contributed by atoms with Crippen LogP contribution in [0.5, 0.6) is 0 Å². The van der Waals surface area contributed by atoms with Gasteiger partial charge in [0.1, 0.15) is 0 Å². The van der Waals surface area contributed by atoms with Crippen molar-refractivity contribution in [2.24, 2.45) is 11.3 Å². The number of amides is 1. The molecule has 2 N–H and O–H groups in total. The Hall–Kier alpha value is -0.280. The van der Waals surface area contributed by atoms with Crippen molar-refractivity contribution in [2.45, 2.75) is 53.0 Å². The highest BCUT2D eigenvalue weighted by Crippen LogP contribution is 2.29. The lowest BCUT2D eigenvalue weighted by Crippen LogP contribution is -2.52. The van der Waals surface area contributed by atoms with Crippen molar-refractivity contribution in [1.29, 1.82) is 0 Å². The van der Waals surface area contributed by atoms with Gasteiger partial charge in [0.05, 0.1) is 0 Å². The molecule has 17 heavy (non-hydrogen) atoms. The fraction of sp³-hybridized carbons (Fsp3) is 0.923. The van der Waals surface area contributed by atoms with Crippen LogP contribution in [-0.4, -0.2) is 25.0 Å². The molecule has 0 aromatic rings. The van der Waals surface area contributed by atoms with E-state index in [0.29, 0.717) is 23.8 Å². The summed E-state index contributed by atoms with van der Waals surface area (Å²) in [4.78, 5) is 11.6. The van der Waals surface area contributed by atoms with Crippen LogP contribution >= 0.6 is 12.4 Å². The topological polar surface area (TPSA) is 41.1 Å². The standard InChI is InChI=1S/C13H26N2O.ClH/c1-10(2)8-12(16)15-9-11-13(3,4)6-5-7-14-11;/h10-11,14H,5-9H2,1-4H3,(H,15,16);1H. The number of carbonyl (C=O) groups excluding carboxylic acids is 1. The lowest BCUT2D eigenvalue weighted by molar-refractivity contribution is -0.122. The van der Waals surface area contributed by atoms with E-state index in [2.05, 4.69) is 38.3 Å². The van der Waals surface area contributed by atoms with Crippen molar-refractivity contribution in [3.05, 3.63) is 0 Å². The Kier molecular flexibility index (Phi) is 7.10. The van der Waals surface area contributed by atoms with Crippen LogP contribution in [0.3, 0.4) is 0 Å². The van der Waals surface area contributed by atoms with E-state index in [-0.39, 0.29) is 18.3 Å². The molecule has 0 bridgehead atoms. The Labute approximate surface area is 112 Å². The van der Waals surface area contributed by atoms with Gasteiger partial charge in [-0.1, -0.05) is 27.7 Å². The number of carbonyl (C=O) groups is 1. The molecule has 3 nitrogen and oxygen atoms in total. The van der Waals surface area contributed by atoms with Gasteiger partial charge in [-0.15, -0.1) is 12.4 Å². The Morgan fingerprint density at radius 3 is 2.65 bits per heavy atom. The van der Waals surface area contributed by atoms with Crippen molar-refractivity contribution in [2.75, 3.05) is 13.1 Å². The monoisotopic (exact) mass is 262 g/mol. The summed E-state index contributed by atoms with van der Waals surface area (Å²) in [6, 6.07) is 0.414. The van der Waals surface area contributed by atoms with Gasteiger partial charge < -0.3 is 10.6 Å². The molecule has 0 aromatic heterocycles. The highest BCUT2D eigenvalue weighted by molar-refractivity contribution is 5.85. The average molecular weight is 263 g/mol. The number of hydrogen-bond acceptors (Lipinski definition) is 2. The fourth-order valence-corrected chi connectivity index (χ4v) is 2.28. The van der Waals surface area contributed by atoms with Gasteiger partial charge in [-0.25, -0.2) is 0 Å². The second-order valence-electron chi connectivity index (χ2n) is 6.00. The molecule has 1 atom stereocenters. The second kappa shape index (κ2) is 7.22. The molecule has 102 valence electrons. The van der Waals surface area contributed by atoms with E-state index < -0.39 is 0 Å². The second-order valence-corrected chi connectivity index (χ2v) is 6.00. The summed E-state index contributed by atoms with van der Waals surface area (Å²) in [5, 5.41) is 6.54. The highest BCUT2D eigenvalue weighted by atomic mass is 35.5. The number of halogens is 1. The Bertz CT molecular complexity index is 242. The number of hydrogen-bond donors (Lipinski definition) is 2. The van der Waals surface area contributed by atoms with Crippen LogP contribution in [0.4, 0.5) is 0 Å². The molecule has 1 fully saturated rings. The highest BCUT2D eigenvalue weighted by Gasteiger charge is 2.31. The summed E-state index contributed by atoms with van der Waals surface area (Å²) in [7, 11) is 0. The van der Waals surface area contributed by atoms with Crippen LogP contribution in [0.15, 0.2) is 0 Å². The maximum atomic E-state index is 11.6. The Morgan fingerprint density at radius 1 is 1.47 bits per heavy atom. The summed E-state index contributed by atoms with van der Waals surface area (Å²) in [5.74, 6) is 0.616. The average Bonchev–Trinajstić information content (AvgIpc) is 2.14. The molecular weight excluding hydrogens is 236 g/mol. The van der Waals surface area contributed by atoms with E-state index >= 15 is 0 Å². The minimum atomic E-state index is 0. The molecule has 0 radical (unpaired) electrons. The Balaban J connectivity index is 0.00000256. The summed E-state index contributed by atoms with van der Waals surface area (Å²) < 4.78 is 0. The van der Waals surface area contributed by atoms with E-state index in [1.807, 2.05) is 0 Å². The van der Waals surface area contributed by atoms with Crippen LogP contribution < -0.4 is 10.6 Å². The summed E-state index contributed by atoms with van der Waals surface area (Å²) >= 11 is 0. The van der Waals surface area contributed by atoms with E-state index in [1.165, 1.54) is 12.8 Å². The SMILES string of the molecule is CC(C)CC(=O)NCC1NCCCC1(C)C.Cl. The predicted molar refractivity (Wildman–Crippen MR) is 74.5 cm³/mol. The molecule has 0 spiro atoms. The maximum absolute atomic E-state index is 11.6. The molecule has 1 aliphatic heterocycles.